The van der Waals surface area contributed by atoms with Crippen molar-refractivity contribution in [3.05, 3.63) is 65.5 Å². The molecule has 5 nitrogen and oxygen atoms in total. The molecule has 2 heterocycles. The number of pyridine rings is 1. The lowest BCUT2D eigenvalue weighted by atomic mass is 9.96. The van der Waals surface area contributed by atoms with Crippen molar-refractivity contribution in [3.8, 4) is 0 Å². The lowest BCUT2D eigenvalue weighted by Gasteiger charge is -2.32. The van der Waals surface area contributed by atoms with Crippen molar-refractivity contribution in [2.45, 2.75) is 32.6 Å². The Balaban J connectivity index is 1.37. The van der Waals surface area contributed by atoms with Crippen LogP contribution in [0.2, 0.25) is 0 Å². The molecule has 1 fully saturated rings. The van der Waals surface area contributed by atoms with Crippen LogP contribution in [0.4, 0.5) is 0 Å². The van der Waals surface area contributed by atoms with Crippen LogP contribution in [0, 0.1) is 12.8 Å². The number of carbonyl (C=O) groups is 2. The molecule has 1 saturated heterocycles. The Bertz CT molecular complexity index is 768. The molecule has 3 rings (SSSR count). The third kappa shape index (κ3) is 5.39. The first-order valence-corrected chi connectivity index (χ1v) is 9.64. The minimum absolute atomic E-state index is 0.0452. The summed E-state index contributed by atoms with van der Waals surface area (Å²) in [5.74, 6) is 0.585. The summed E-state index contributed by atoms with van der Waals surface area (Å²) >= 11 is 0. The van der Waals surface area contributed by atoms with Crippen molar-refractivity contribution in [1.82, 2.24) is 15.2 Å². The molecule has 1 aliphatic heterocycles. The maximum absolute atomic E-state index is 12.4. The molecule has 1 aromatic heterocycles. The van der Waals surface area contributed by atoms with Gasteiger partial charge < -0.3 is 10.2 Å². The molecule has 5 heteroatoms. The third-order valence-corrected chi connectivity index (χ3v) is 5.28. The summed E-state index contributed by atoms with van der Waals surface area (Å²) in [6.07, 6.45) is 6.42. The van der Waals surface area contributed by atoms with Crippen LogP contribution < -0.4 is 5.32 Å². The van der Waals surface area contributed by atoms with E-state index in [9.17, 15) is 9.59 Å². The average Bonchev–Trinajstić information content (AvgIpc) is 2.72. The van der Waals surface area contributed by atoms with E-state index in [0.29, 0.717) is 24.4 Å². The van der Waals surface area contributed by atoms with Gasteiger partial charge in [0.1, 0.15) is 0 Å². The second-order valence-corrected chi connectivity index (χ2v) is 7.21. The predicted octanol–water partition coefficient (Wildman–Crippen LogP) is 2.99. The van der Waals surface area contributed by atoms with E-state index in [1.807, 2.05) is 17.0 Å². The van der Waals surface area contributed by atoms with Gasteiger partial charge >= 0.3 is 0 Å². The molecule has 0 saturated carbocycles. The minimum atomic E-state index is 0.0452. The van der Waals surface area contributed by atoms with E-state index in [1.54, 1.807) is 24.5 Å². The SMILES string of the molecule is Cc1ccccc1CCC(=O)NCC1CCN(C(=O)c2cccnc2)CC1. The van der Waals surface area contributed by atoms with Crippen LogP contribution in [-0.4, -0.2) is 41.3 Å². The number of likely N-dealkylation sites (tertiary alicyclic amines) is 1. The first kappa shape index (κ1) is 19.1. The summed E-state index contributed by atoms with van der Waals surface area (Å²) in [6, 6.07) is 11.8. The molecule has 2 aromatic rings. The zero-order valence-electron chi connectivity index (χ0n) is 15.9. The molecular formula is C22H27N3O2. The maximum atomic E-state index is 12.4. The highest BCUT2D eigenvalue weighted by atomic mass is 16.2. The Kier molecular flexibility index (Phi) is 6.58. The van der Waals surface area contributed by atoms with Gasteiger partial charge in [0.2, 0.25) is 5.91 Å². The Labute approximate surface area is 160 Å². The number of hydrogen-bond donors (Lipinski definition) is 1. The Morgan fingerprint density at radius 3 is 2.63 bits per heavy atom. The minimum Gasteiger partial charge on any atom is -0.356 e. The topological polar surface area (TPSA) is 62.3 Å². The molecule has 1 aliphatic rings. The highest BCUT2D eigenvalue weighted by Crippen LogP contribution is 2.18. The van der Waals surface area contributed by atoms with E-state index in [0.717, 1.165) is 32.4 Å². The number of nitrogens with one attached hydrogen (secondary N) is 1. The average molecular weight is 365 g/mol. The molecule has 0 unspecified atom stereocenters. The summed E-state index contributed by atoms with van der Waals surface area (Å²) in [5.41, 5.74) is 3.10. The summed E-state index contributed by atoms with van der Waals surface area (Å²) in [4.78, 5) is 30.5. The highest BCUT2D eigenvalue weighted by Gasteiger charge is 2.23. The molecule has 0 atom stereocenters. The molecule has 2 amide bonds. The van der Waals surface area contributed by atoms with E-state index in [1.165, 1.54) is 11.1 Å². The largest absolute Gasteiger partial charge is 0.356 e. The van der Waals surface area contributed by atoms with E-state index >= 15 is 0 Å². The number of nitrogens with zero attached hydrogens (tertiary/aromatic N) is 2. The molecule has 0 bridgehead atoms. The van der Waals surface area contributed by atoms with Gasteiger partial charge in [-0.05, 0) is 55.4 Å². The van der Waals surface area contributed by atoms with Gasteiger partial charge in [-0.1, -0.05) is 24.3 Å². The first-order chi connectivity index (χ1) is 13.1. The number of aromatic nitrogens is 1. The predicted molar refractivity (Wildman–Crippen MR) is 105 cm³/mol. The van der Waals surface area contributed by atoms with Crippen LogP contribution in [0.3, 0.4) is 0 Å². The number of hydrogen-bond acceptors (Lipinski definition) is 3. The molecule has 0 spiro atoms. The van der Waals surface area contributed by atoms with Crippen molar-refractivity contribution in [2.24, 2.45) is 5.92 Å². The number of aryl methyl sites for hydroxylation is 2. The van der Waals surface area contributed by atoms with Crippen molar-refractivity contribution < 1.29 is 9.59 Å². The van der Waals surface area contributed by atoms with Gasteiger partial charge in [-0.15, -0.1) is 0 Å². The second kappa shape index (κ2) is 9.31. The number of piperidine rings is 1. The van der Waals surface area contributed by atoms with Crippen molar-refractivity contribution in [2.75, 3.05) is 19.6 Å². The van der Waals surface area contributed by atoms with E-state index in [-0.39, 0.29) is 11.8 Å². The summed E-state index contributed by atoms with van der Waals surface area (Å²) in [6.45, 7) is 4.24. The van der Waals surface area contributed by atoms with Gasteiger partial charge in [0.25, 0.3) is 5.91 Å². The van der Waals surface area contributed by atoms with Crippen LogP contribution in [0.15, 0.2) is 48.8 Å². The Morgan fingerprint density at radius 1 is 1.15 bits per heavy atom. The Hall–Kier alpha value is -2.69. The zero-order valence-corrected chi connectivity index (χ0v) is 15.9. The number of carbonyl (C=O) groups excluding carboxylic acids is 2. The highest BCUT2D eigenvalue weighted by molar-refractivity contribution is 5.93. The fraction of sp³-hybridized carbons (Fsp3) is 0.409. The molecule has 1 N–H and O–H groups in total. The summed E-state index contributed by atoms with van der Waals surface area (Å²) in [5, 5.41) is 3.07. The molecular weight excluding hydrogens is 338 g/mol. The lowest BCUT2D eigenvalue weighted by Crippen LogP contribution is -2.41. The number of benzene rings is 1. The Morgan fingerprint density at radius 2 is 1.93 bits per heavy atom. The quantitative estimate of drug-likeness (QED) is 0.856. The van der Waals surface area contributed by atoms with Gasteiger partial charge in [-0.2, -0.15) is 0 Å². The summed E-state index contributed by atoms with van der Waals surface area (Å²) in [7, 11) is 0. The monoisotopic (exact) mass is 365 g/mol. The lowest BCUT2D eigenvalue weighted by molar-refractivity contribution is -0.121. The van der Waals surface area contributed by atoms with Gasteiger partial charge in [0, 0.05) is 38.4 Å². The standard InChI is InChI=1S/C22H27N3O2/c1-17-5-2-3-6-19(17)8-9-21(26)24-15-18-10-13-25(14-11-18)22(27)20-7-4-12-23-16-20/h2-7,12,16,18H,8-11,13-15H2,1H3,(H,24,26). The molecule has 0 radical (unpaired) electrons. The number of rotatable bonds is 6. The molecule has 0 aliphatic carbocycles. The maximum Gasteiger partial charge on any atom is 0.255 e. The van der Waals surface area contributed by atoms with E-state index in [4.69, 9.17) is 0 Å². The third-order valence-electron chi connectivity index (χ3n) is 5.28. The van der Waals surface area contributed by atoms with Crippen LogP contribution in [-0.2, 0) is 11.2 Å². The van der Waals surface area contributed by atoms with Crippen molar-refractivity contribution >= 4 is 11.8 Å². The fourth-order valence-corrected chi connectivity index (χ4v) is 3.50. The van der Waals surface area contributed by atoms with Crippen LogP contribution in [0.25, 0.3) is 0 Å². The van der Waals surface area contributed by atoms with Crippen LogP contribution in [0.1, 0.15) is 40.7 Å². The molecule has 27 heavy (non-hydrogen) atoms. The normalized spacial score (nSPS) is 14.8. The van der Waals surface area contributed by atoms with E-state index in [2.05, 4.69) is 29.4 Å². The zero-order chi connectivity index (χ0) is 19.1. The number of amides is 2. The van der Waals surface area contributed by atoms with Crippen molar-refractivity contribution in [1.29, 1.82) is 0 Å². The van der Waals surface area contributed by atoms with E-state index < -0.39 is 0 Å². The molecule has 1 aromatic carbocycles. The van der Waals surface area contributed by atoms with Crippen LogP contribution >= 0.6 is 0 Å². The van der Waals surface area contributed by atoms with Crippen LogP contribution in [0.5, 0.6) is 0 Å². The van der Waals surface area contributed by atoms with Gasteiger partial charge in [0.15, 0.2) is 0 Å². The smallest absolute Gasteiger partial charge is 0.255 e. The molecule has 142 valence electrons. The van der Waals surface area contributed by atoms with Gasteiger partial charge in [-0.25, -0.2) is 0 Å². The van der Waals surface area contributed by atoms with Gasteiger partial charge in [-0.3, -0.25) is 14.6 Å². The second-order valence-electron chi connectivity index (χ2n) is 7.21. The first-order valence-electron chi connectivity index (χ1n) is 9.64. The summed E-state index contributed by atoms with van der Waals surface area (Å²) < 4.78 is 0. The van der Waals surface area contributed by atoms with Gasteiger partial charge in [0.05, 0.1) is 5.56 Å². The van der Waals surface area contributed by atoms with Crippen molar-refractivity contribution in [3.63, 3.8) is 0 Å². The fourth-order valence-electron chi connectivity index (χ4n) is 3.50.